The number of hydrogen-bond acceptors (Lipinski definition) is 3. The first-order valence-corrected chi connectivity index (χ1v) is 10.4. The molecule has 0 bridgehead atoms. The van der Waals surface area contributed by atoms with Gasteiger partial charge in [0.2, 0.25) is 0 Å². The Morgan fingerprint density at radius 2 is 1.83 bits per heavy atom. The third-order valence-corrected chi connectivity index (χ3v) is 5.00. The molecule has 4 aromatic rings. The Bertz CT molecular complexity index is 1130. The van der Waals surface area contributed by atoms with E-state index in [4.69, 9.17) is 28.6 Å². The largest absolute Gasteiger partial charge is 0.486 e. The van der Waals surface area contributed by atoms with Gasteiger partial charge in [0.25, 0.3) is 0 Å². The number of thiocarbonyl (C=S) groups is 1. The molecule has 0 aliphatic carbocycles. The van der Waals surface area contributed by atoms with Crippen molar-refractivity contribution in [2.24, 2.45) is 0 Å². The number of benzene rings is 3. The number of H-pyrrole nitrogens is 1. The molecule has 1 aromatic heterocycles. The third kappa shape index (κ3) is 5.49. The SMILES string of the molecule is S=C(NCCc1ccccc1)Nc1ccc(OCc2nc3ccc(Cl)cc3[nH]2)cc1. The summed E-state index contributed by atoms with van der Waals surface area (Å²) in [4.78, 5) is 7.72. The maximum Gasteiger partial charge on any atom is 0.170 e. The van der Waals surface area contributed by atoms with Gasteiger partial charge in [0.15, 0.2) is 5.11 Å². The van der Waals surface area contributed by atoms with E-state index in [1.807, 2.05) is 60.7 Å². The van der Waals surface area contributed by atoms with E-state index >= 15 is 0 Å². The number of ether oxygens (including phenoxy) is 1. The van der Waals surface area contributed by atoms with Crippen LogP contribution < -0.4 is 15.4 Å². The van der Waals surface area contributed by atoms with E-state index in [-0.39, 0.29) is 0 Å². The summed E-state index contributed by atoms with van der Waals surface area (Å²) in [5, 5.41) is 7.68. The van der Waals surface area contributed by atoms with Crippen LogP contribution in [-0.4, -0.2) is 21.6 Å². The van der Waals surface area contributed by atoms with Gasteiger partial charge in [-0.25, -0.2) is 4.98 Å². The number of anilines is 1. The van der Waals surface area contributed by atoms with Crippen molar-refractivity contribution in [1.82, 2.24) is 15.3 Å². The number of fused-ring (bicyclic) bond motifs is 1. The van der Waals surface area contributed by atoms with Crippen LogP contribution in [0.5, 0.6) is 5.75 Å². The Hall–Kier alpha value is -3.09. The fourth-order valence-electron chi connectivity index (χ4n) is 3.03. The van der Waals surface area contributed by atoms with E-state index in [0.29, 0.717) is 16.7 Å². The maximum absolute atomic E-state index is 6.01. The molecule has 4 rings (SSSR count). The summed E-state index contributed by atoms with van der Waals surface area (Å²) in [6, 6.07) is 23.5. The molecule has 3 N–H and O–H groups in total. The van der Waals surface area contributed by atoms with Crippen LogP contribution in [0.3, 0.4) is 0 Å². The van der Waals surface area contributed by atoms with Crippen molar-refractivity contribution in [2.75, 3.05) is 11.9 Å². The number of rotatable bonds is 7. The Kier molecular flexibility index (Phi) is 6.47. The molecule has 3 aromatic carbocycles. The Morgan fingerprint density at radius 1 is 1.03 bits per heavy atom. The molecule has 0 saturated heterocycles. The molecule has 0 fully saturated rings. The Morgan fingerprint density at radius 3 is 2.63 bits per heavy atom. The van der Waals surface area contributed by atoms with Crippen LogP contribution in [0, 0.1) is 0 Å². The highest BCUT2D eigenvalue weighted by Gasteiger charge is 2.05. The van der Waals surface area contributed by atoms with E-state index in [0.717, 1.165) is 41.3 Å². The fraction of sp³-hybridized carbons (Fsp3) is 0.130. The fourth-order valence-corrected chi connectivity index (χ4v) is 3.42. The van der Waals surface area contributed by atoms with Gasteiger partial charge in [0, 0.05) is 17.3 Å². The normalized spacial score (nSPS) is 10.7. The summed E-state index contributed by atoms with van der Waals surface area (Å²) in [6.07, 6.45) is 0.920. The molecule has 152 valence electrons. The predicted octanol–water partition coefficient (Wildman–Crippen LogP) is 5.32. The van der Waals surface area contributed by atoms with E-state index in [2.05, 4.69) is 32.7 Å². The topological polar surface area (TPSA) is 62.0 Å². The van der Waals surface area contributed by atoms with Gasteiger partial charge in [0.1, 0.15) is 18.2 Å². The number of hydrogen-bond donors (Lipinski definition) is 3. The molecule has 0 aliphatic heterocycles. The molecular weight excluding hydrogens is 416 g/mol. The summed E-state index contributed by atoms with van der Waals surface area (Å²) < 4.78 is 5.82. The number of aromatic amines is 1. The monoisotopic (exact) mass is 436 g/mol. The van der Waals surface area contributed by atoms with Crippen molar-refractivity contribution in [2.45, 2.75) is 13.0 Å². The quantitative estimate of drug-likeness (QED) is 0.342. The van der Waals surface area contributed by atoms with Crippen LogP contribution in [0.2, 0.25) is 5.02 Å². The molecule has 0 spiro atoms. The van der Waals surface area contributed by atoms with E-state index in [1.54, 1.807) is 0 Å². The second-order valence-corrected chi connectivity index (χ2v) is 7.62. The Labute approximate surface area is 185 Å². The van der Waals surface area contributed by atoms with Gasteiger partial charge < -0.3 is 20.4 Å². The summed E-state index contributed by atoms with van der Waals surface area (Å²) in [5.41, 5.74) is 3.94. The average Bonchev–Trinajstić information content (AvgIpc) is 3.16. The minimum atomic E-state index is 0.346. The first-order chi connectivity index (χ1) is 14.7. The molecule has 0 aliphatic rings. The molecule has 0 saturated carbocycles. The minimum absolute atomic E-state index is 0.346. The highest BCUT2D eigenvalue weighted by atomic mass is 35.5. The highest BCUT2D eigenvalue weighted by molar-refractivity contribution is 7.80. The van der Waals surface area contributed by atoms with Crippen molar-refractivity contribution in [1.29, 1.82) is 0 Å². The number of nitrogens with zero attached hydrogens (tertiary/aromatic N) is 1. The van der Waals surface area contributed by atoms with Crippen molar-refractivity contribution in [3.05, 3.63) is 89.2 Å². The number of aromatic nitrogens is 2. The second-order valence-electron chi connectivity index (χ2n) is 6.77. The lowest BCUT2D eigenvalue weighted by molar-refractivity contribution is 0.297. The number of imidazole rings is 1. The van der Waals surface area contributed by atoms with Crippen molar-refractivity contribution >= 4 is 45.7 Å². The summed E-state index contributed by atoms with van der Waals surface area (Å²) >= 11 is 11.4. The zero-order chi connectivity index (χ0) is 20.8. The van der Waals surface area contributed by atoms with Gasteiger partial charge in [-0.15, -0.1) is 0 Å². The molecule has 5 nitrogen and oxygen atoms in total. The van der Waals surface area contributed by atoms with Crippen molar-refractivity contribution in [3.8, 4) is 5.75 Å². The molecular formula is C23H21ClN4OS. The number of halogens is 1. The van der Waals surface area contributed by atoms with E-state index < -0.39 is 0 Å². The van der Waals surface area contributed by atoms with Gasteiger partial charge in [-0.3, -0.25) is 0 Å². The van der Waals surface area contributed by atoms with Gasteiger partial charge in [-0.2, -0.15) is 0 Å². The van der Waals surface area contributed by atoms with Crippen LogP contribution >= 0.6 is 23.8 Å². The first-order valence-electron chi connectivity index (χ1n) is 9.61. The van der Waals surface area contributed by atoms with E-state index in [1.165, 1.54) is 5.56 Å². The van der Waals surface area contributed by atoms with Crippen molar-refractivity contribution in [3.63, 3.8) is 0 Å². The number of nitrogens with one attached hydrogen (secondary N) is 3. The lowest BCUT2D eigenvalue weighted by Gasteiger charge is -2.11. The maximum atomic E-state index is 6.01. The van der Waals surface area contributed by atoms with E-state index in [9.17, 15) is 0 Å². The highest BCUT2D eigenvalue weighted by Crippen LogP contribution is 2.19. The summed E-state index contributed by atoms with van der Waals surface area (Å²) in [5.74, 6) is 1.50. The van der Waals surface area contributed by atoms with Crippen molar-refractivity contribution < 1.29 is 4.74 Å². The molecule has 0 unspecified atom stereocenters. The van der Waals surface area contributed by atoms with Crippen LogP contribution in [0.1, 0.15) is 11.4 Å². The van der Waals surface area contributed by atoms with Crippen LogP contribution in [0.15, 0.2) is 72.8 Å². The minimum Gasteiger partial charge on any atom is -0.486 e. The summed E-state index contributed by atoms with van der Waals surface area (Å²) in [7, 11) is 0. The lowest BCUT2D eigenvalue weighted by Crippen LogP contribution is -2.30. The first kappa shape index (κ1) is 20.2. The summed E-state index contributed by atoms with van der Waals surface area (Å²) in [6.45, 7) is 1.12. The molecule has 0 atom stereocenters. The molecule has 0 radical (unpaired) electrons. The van der Waals surface area contributed by atoms with Gasteiger partial charge in [0.05, 0.1) is 11.0 Å². The smallest absolute Gasteiger partial charge is 0.170 e. The van der Waals surface area contributed by atoms with Gasteiger partial charge in [-0.05, 0) is 66.7 Å². The van der Waals surface area contributed by atoms with Gasteiger partial charge >= 0.3 is 0 Å². The Balaban J connectivity index is 1.24. The average molecular weight is 437 g/mol. The molecule has 1 heterocycles. The van der Waals surface area contributed by atoms with Crippen LogP contribution in [0.4, 0.5) is 5.69 Å². The van der Waals surface area contributed by atoms with Crippen LogP contribution in [0.25, 0.3) is 11.0 Å². The second kappa shape index (κ2) is 9.61. The molecule has 30 heavy (non-hydrogen) atoms. The molecule has 7 heteroatoms. The predicted molar refractivity (Wildman–Crippen MR) is 126 cm³/mol. The zero-order valence-corrected chi connectivity index (χ0v) is 17.8. The standard InChI is InChI=1S/C23H21ClN4OS/c24-17-6-11-20-21(14-17)28-22(27-20)15-29-19-9-7-18(8-10-19)26-23(30)25-13-12-16-4-2-1-3-5-16/h1-11,14H,12-13,15H2,(H,27,28)(H2,25,26,30). The third-order valence-electron chi connectivity index (χ3n) is 4.52. The van der Waals surface area contributed by atoms with Crippen LogP contribution in [-0.2, 0) is 13.0 Å². The zero-order valence-electron chi connectivity index (χ0n) is 16.2. The van der Waals surface area contributed by atoms with Gasteiger partial charge in [-0.1, -0.05) is 41.9 Å². The lowest BCUT2D eigenvalue weighted by atomic mass is 10.1. The molecule has 0 amide bonds.